The Morgan fingerprint density at radius 3 is 1.61 bits per heavy atom. The third-order valence-electron chi connectivity index (χ3n) is 6.67. The van der Waals surface area contributed by atoms with Gasteiger partial charge in [-0.1, -0.05) is 12.1 Å². The summed E-state index contributed by atoms with van der Waals surface area (Å²) in [5.74, 6) is 0.240. The molecule has 5 nitrogen and oxygen atoms in total. The molecule has 4 rings (SSSR count). The number of aryl methyl sites for hydroxylation is 2. The highest BCUT2D eigenvalue weighted by molar-refractivity contribution is 7.87. The molecular weight excluding hydrogens is 412 g/mol. The smallest absolute Gasteiger partial charge is 0.299 e. The topological polar surface area (TPSA) is 83.8 Å². The van der Waals surface area contributed by atoms with Crippen LogP contribution in [0.2, 0.25) is 0 Å². The van der Waals surface area contributed by atoms with Gasteiger partial charge in [0.2, 0.25) is 0 Å². The zero-order valence-corrected chi connectivity index (χ0v) is 19.3. The minimum absolute atomic E-state index is 0.120. The van der Waals surface area contributed by atoms with Gasteiger partial charge in [0.1, 0.15) is 16.4 Å². The molecule has 0 radical (unpaired) electrons. The van der Waals surface area contributed by atoms with E-state index in [4.69, 9.17) is 4.18 Å². The molecule has 0 spiro atoms. The van der Waals surface area contributed by atoms with Crippen LogP contribution in [0.5, 0.6) is 11.5 Å². The van der Waals surface area contributed by atoms with Crippen LogP contribution in [0.3, 0.4) is 0 Å². The van der Waals surface area contributed by atoms with Crippen molar-refractivity contribution in [1.29, 1.82) is 0 Å². The summed E-state index contributed by atoms with van der Waals surface area (Å²) in [5, 5.41) is 20.2. The largest absolute Gasteiger partial charge is 0.508 e. The van der Waals surface area contributed by atoms with Crippen LogP contribution >= 0.6 is 0 Å². The molecule has 1 aliphatic rings. The first-order valence-electron chi connectivity index (χ1n) is 10.1. The van der Waals surface area contributed by atoms with Crippen molar-refractivity contribution < 1.29 is 22.8 Å². The van der Waals surface area contributed by atoms with Crippen LogP contribution in [0.15, 0.2) is 41.3 Å². The quantitative estimate of drug-likeness (QED) is 0.553. The zero-order valence-electron chi connectivity index (χ0n) is 18.5. The van der Waals surface area contributed by atoms with Crippen LogP contribution in [0.4, 0.5) is 0 Å². The fourth-order valence-electron chi connectivity index (χ4n) is 4.56. The van der Waals surface area contributed by atoms with Gasteiger partial charge >= 0.3 is 0 Å². The van der Waals surface area contributed by atoms with E-state index in [1.807, 2.05) is 27.7 Å². The molecule has 3 aromatic rings. The van der Waals surface area contributed by atoms with Gasteiger partial charge in [-0.05, 0) is 110 Å². The van der Waals surface area contributed by atoms with Crippen LogP contribution in [0.25, 0.3) is 0 Å². The third kappa shape index (κ3) is 2.89. The van der Waals surface area contributed by atoms with E-state index >= 15 is 0 Å². The summed E-state index contributed by atoms with van der Waals surface area (Å²) in [6, 6.07) is 10.0. The van der Waals surface area contributed by atoms with Gasteiger partial charge in [-0.15, -0.1) is 0 Å². The predicted octanol–water partition coefficient (Wildman–Crippen LogP) is 4.96. The molecule has 6 heteroatoms. The first-order chi connectivity index (χ1) is 14.4. The van der Waals surface area contributed by atoms with E-state index in [-0.39, 0.29) is 16.4 Å². The Kier molecular flexibility index (Phi) is 4.72. The molecule has 162 valence electrons. The molecule has 0 saturated carbocycles. The second-order valence-electron chi connectivity index (χ2n) is 8.43. The number of fused-ring (bicyclic) bond motifs is 1. The molecule has 0 atom stereocenters. The normalized spacial score (nSPS) is 16.3. The van der Waals surface area contributed by atoms with Gasteiger partial charge in [-0.2, -0.15) is 8.42 Å². The average molecular weight is 439 g/mol. The zero-order chi connectivity index (χ0) is 22.9. The van der Waals surface area contributed by atoms with E-state index in [1.165, 1.54) is 0 Å². The second-order valence-corrected chi connectivity index (χ2v) is 9.91. The van der Waals surface area contributed by atoms with E-state index in [2.05, 4.69) is 0 Å². The fraction of sp³-hybridized carbons (Fsp3) is 0.280. The maximum absolute atomic E-state index is 13.4. The number of benzene rings is 3. The first-order valence-corrected chi connectivity index (χ1v) is 11.5. The van der Waals surface area contributed by atoms with E-state index in [9.17, 15) is 18.6 Å². The lowest BCUT2D eigenvalue weighted by atomic mass is 9.75. The molecule has 1 heterocycles. The van der Waals surface area contributed by atoms with Gasteiger partial charge in [-0.25, -0.2) is 4.18 Å². The van der Waals surface area contributed by atoms with Gasteiger partial charge in [0.25, 0.3) is 10.1 Å². The van der Waals surface area contributed by atoms with E-state index in [1.54, 1.807) is 50.2 Å². The molecule has 0 unspecified atom stereocenters. The fourth-order valence-corrected chi connectivity index (χ4v) is 6.33. The molecule has 0 bridgehead atoms. The summed E-state index contributed by atoms with van der Waals surface area (Å²) in [7, 11) is -4.07. The highest BCUT2D eigenvalue weighted by Crippen LogP contribution is 2.54. The second kappa shape index (κ2) is 6.84. The first kappa shape index (κ1) is 21.4. The van der Waals surface area contributed by atoms with Gasteiger partial charge in [0, 0.05) is 5.56 Å². The lowest BCUT2D eigenvalue weighted by Gasteiger charge is -2.32. The minimum atomic E-state index is -4.07. The lowest BCUT2D eigenvalue weighted by Crippen LogP contribution is -2.30. The highest BCUT2D eigenvalue weighted by atomic mass is 32.2. The summed E-state index contributed by atoms with van der Waals surface area (Å²) < 4.78 is 32.9. The van der Waals surface area contributed by atoms with Crippen LogP contribution < -0.4 is 0 Å². The van der Waals surface area contributed by atoms with E-state index in [0.29, 0.717) is 33.4 Å². The maximum atomic E-state index is 13.4. The Morgan fingerprint density at radius 2 is 1.16 bits per heavy atom. The van der Waals surface area contributed by atoms with Crippen LogP contribution in [0, 0.1) is 41.5 Å². The molecule has 0 aromatic heterocycles. The number of rotatable bonds is 2. The summed E-state index contributed by atoms with van der Waals surface area (Å²) >= 11 is 0. The average Bonchev–Trinajstić information content (AvgIpc) is 2.97. The molecule has 0 fully saturated rings. The Balaban J connectivity index is 2.24. The maximum Gasteiger partial charge on any atom is 0.299 e. The molecular formula is C25H26O5S. The van der Waals surface area contributed by atoms with Crippen LogP contribution in [-0.4, -0.2) is 18.6 Å². The molecule has 1 aliphatic heterocycles. The number of aromatic hydroxyl groups is 2. The van der Waals surface area contributed by atoms with Crippen molar-refractivity contribution in [1.82, 2.24) is 0 Å². The predicted molar refractivity (Wildman–Crippen MR) is 119 cm³/mol. The van der Waals surface area contributed by atoms with Gasteiger partial charge in [-0.3, -0.25) is 0 Å². The third-order valence-corrected chi connectivity index (χ3v) is 8.15. The van der Waals surface area contributed by atoms with Gasteiger partial charge < -0.3 is 10.2 Å². The summed E-state index contributed by atoms with van der Waals surface area (Å²) in [6.07, 6.45) is 0. The summed E-state index contributed by atoms with van der Waals surface area (Å²) in [5.41, 5.74) is 5.01. The Bertz CT molecular complexity index is 1300. The Labute approximate surface area is 183 Å². The van der Waals surface area contributed by atoms with E-state index < -0.39 is 15.7 Å². The van der Waals surface area contributed by atoms with Crippen LogP contribution in [0.1, 0.15) is 50.1 Å². The number of phenols is 2. The lowest BCUT2D eigenvalue weighted by molar-refractivity contribution is 0.179. The standard InChI is InChI=1S/C25H26O5S/c1-13-11-19(7-9-21(13)26)25(20-8-10-22(27)14(2)12-20)23-17(5)15(3)16(4)18(6)24(23)31(28,29)30-25/h7-12,26-27H,1-6H3. The number of hydrogen-bond donors (Lipinski definition) is 2. The summed E-state index contributed by atoms with van der Waals surface area (Å²) in [6.45, 7) is 11.2. The molecule has 0 saturated heterocycles. The van der Waals surface area contributed by atoms with Crippen molar-refractivity contribution in [3.05, 3.63) is 86.5 Å². The molecule has 2 N–H and O–H groups in total. The van der Waals surface area contributed by atoms with E-state index in [0.717, 1.165) is 16.7 Å². The minimum Gasteiger partial charge on any atom is -0.508 e. The van der Waals surface area contributed by atoms with Crippen molar-refractivity contribution in [2.75, 3.05) is 0 Å². The van der Waals surface area contributed by atoms with Gasteiger partial charge in [0.15, 0.2) is 5.60 Å². The Morgan fingerprint density at radius 1 is 0.710 bits per heavy atom. The van der Waals surface area contributed by atoms with Crippen molar-refractivity contribution in [3.8, 4) is 11.5 Å². The van der Waals surface area contributed by atoms with Crippen molar-refractivity contribution in [2.45, 2.75) is 52.0 Å². The van der Waals surface area contributed by atoms with Crippen LogP contribution in [-0.2, 0) is 19.9 Å². The molecule has 0 aliphatic carbocycles. The summed E-state index contributed by atoms with van der Waals surface area (Å²) in [4.78, 5) is 0.199. The number of hydrogen-bond acceptors (Lipinski definition) is 5. The molecule has 31 heavy (non-hydrogen) atoms. The van der Waals surface area contributed by atoms with Crippen molar-refractivity contribution in [2.24, 2.45) is 0 Å². The number of phenolic OH excluding ortho intramolecular Hbond substituents is 2. The Hall–Kier alpha value is -2.83. The monoisotopic (exact) mass is 438 g/mol. The van der Waals surface area contributed by atoms with Crippen molar-refractivity contribution in [3.63, 3.8) is 0 Å². The van der Waals surface area contributed by atoms with Gasteiger partial charge in [0.05, 0.1) is 0 Å². The highest BCUT2D eigenvalue weighted by Gasteiger charge is 2.53. The molecule has 0 amide bonds. The SMILES string of the molecule is Cc1cc(C2(c3ccc(O)c(C)c3)OS(=O)(=O)c3c(C)c(C)c(C)c(C)c32)ccc1O. The molecule has 3 aromatic carbocycles. The van der Waals surface area contributed by atoms with Crippen molar-refractivity contribution >= 4 is 10.1 Å².